The van der Waals surface area contributed by atoms with Crippen LogP contribution in [0.4, 0.5) is 0 Å². The molecule has 23 heavy (non-hydrogen) atoms. The highest BCUT2D eigenvalue weighted by molar-refractivity contribution is 7.80. The van der Waals surface area contributed by atoms with Crippen LogP contribution in [0.5, 0.6) is 0 Å². The quantitative estimate of drug-likeness (QED) is 0.300. The largest absolute Gasteiger partial charge is 0.397 e. The summed E-state index contributed by atoms with van der Waals surface area (Å²) in [6.45, 7) is -0.576. The summed E-state index contributed by atoms with van der Waals surface area (Å²) in [6, 6.07) is 1.62. The van der Waals surface area contributed by atoms with Crippen molar-refractivity contribution in [3.8, 4) is 0 Å². The Morgan fingerprint density at radius 1 is 1.30 bits per heavy atom. The van der Waals surface area contributed by atoms with Crippen molar-refractivity contribution in [3.05, 3.63) is 28.6 Å². The van der Waals surface area contributed by atoms with Crippen LogP contribution in [0.3, 0.4) is 0 Å². The number of carbonyl (C=O) groups excluding carboxylic acids is 1. The number of amides is 1. The van der Waals surface area contributed by atoms with Gasteiger partial charge in [-0.25, -0.2) is 4.18 Å². The zero-order valence-electron chi connectivity index (χ0n) is 12.4. The Morgan fingerprint density at radius 3 is 2.65 bits per heavy atom. The van der Waals surface area contributed by atoms with E-state index >= 15 is 0 Å². The fourth-order valence-electron chi connectivity index (χ4n) is 2.46. The normalized spacial score (nSPS) is 14.7. The topological polar surface area (TPSA) is 158 Å². The number of carbonyl (C=O) groups is 1. The molecule has 126 valence electrons. The summed E-state index contributed by atoms with van der Waals surface area (Å²) in [4.78, 5) is 19.9. The van der Waals surface area contributed by atoms with Crippen molar-refractivity contribution in [1.29, 1.82) is 0 Å². The molecule has 0 saturated carbocycles. The molecule has 1 aromatic rings. The molecule has 0 saturated heterocycles. The lowest BCUT2D eigenvalue weighted by Gasteiger charge is -2.11. The Bertz CT molecular complexity index is 741. The molecule has 0 bridgehead atoms. The monoisotopic (exact) mass is 342 g/mol. The van der Waals surface area contributed by atoms with Gasteiger partial charge in [-0.05, 0) is 37.3 Å². The standard InChI is InChI=1S/C13H18N4O5S/c14-13(15)17-12(18)9-6-8-4-2-1-3-5-10(8)16-11(9)7-22-23(19,20)21/h6H,1-5,7H2,(H,19,20,21)(H4,14,15,17,18). The fraction of sp³-hybridized carbons (Fsp3) is 0.462. The van der Waals surface area contributed by atoms with Gasteiger partial charge in [-0.1, -0.05) is 6.42 Å². The molecular formula is C13H18N4O5S. The summed E-state index contributed by atoms with van der Waals surface area (Å²) in [5.41, 5.74) is 12.2. The minimum Gasteiger partial charge on any atom is -0.370 e. The van der Waals surface area contributed by atoms with E-state index in [1.807, 2.05) is 0 Å². The van der Waals surface area contributed by atoms with Gasteiger partial charge in [0.25, 0.3) is 5.91 Å². The molecule has 1 amide bonds. The van der Waals surface area contributed by atoms with Crippen LogP contribution < -0.4 is 11.5 Å². The van der Waals surface area contributed by atoms with Crippen molar-refractivity contribution < 1.29 is 21.9 Å². The smallest absolute Gasteiger partial charge is 0.370 e. The first kappa shape index (κ1) is 17.3. The Morgan fingerprint density at radius 2 is 2.00 bits per heavy atom. The molecule has 2 rings (SSSR count). The zero-order chi connectivity index (χ0) is 17.0. The van der Waals surface area contributed by atoms with Crippen molar-refractivity contribution in [1.82, 2.24) is 4.98 Å². The summed E-state index contributed by atoms with van der Waals surface area (Å²) in [7, 11) is -4.65. The molecule has 0 atom stereocenters. The first-order valence-electron chi connectivity index (χ1n) is 7.04. The molecule has 0 aliphatic heterocycles. The summed E-state index contributed by atoms with van der Waals surface area (Å²) >= 11 is 0. The molecule has 0 unspecified atom stereocenters. The lowest BCUT2D eigenvalue weighted by Crippen LogP contribution is -2.24. The number of aryl methyl sites for hydroxylation is 2. The van der Waals surface area contributed by atoms with Crippen LogP contribution in [0, 0.1) is 0 Å². The van der Waals surface area contributed by atoms with E-state index in [0.717, 1.165) is 43.4 Å². The lowest BCUT2D eigenvalue weighted by molar-refractivity contribution is 0.0999. The number of pyridine rings is 1. The van der Waals surface area contributed by atoms with E-state index < -0.39 is 28.9 Å². The number of nitrogens with two attached hydrogens (primary N) is 2. The van der Waals surface area contributed by atoms with Crippen LogP contribution in [-0.4, -0.2) is 29.8 Å². The van der Waals surface area contributed by atoms with E-state index in [0.29, 0.717) is 0 Å². The highest BCUT2D eigenvalue weighted by Crippen LogP contribution is 2.23. The number of nitrogens with zero attached hydrogens (tertiary/aromatic N) is 2. The van der Waals surface area contributed by atoms with Crippen LogP contribution >= 0.6 is 0 Å². The Hall–Kier alpha value is -2.04. The molecule has 0 spiro atoms. The molecule has 1 aromatic heterocycles. The van der Waals surface area contributed by atoms with Crippen LogP contribution in [0.1, 0.15) is 46.6 Å². The van der Waals surface area contributed by atoms with Crippen LogP contribution in [0.15, 0.2) is 11.1 Å². The Balaban J connectivity index is 2.45. The van der Waals surface area contributed by atoms with Gasteiger partial charge in [0.2, 0.25) is 0 Å². The zero-order valence-corrected chi connectivity index (χ0v) is 13.2. The molecule has 0 fully saturated rings. The van der Waals surface area contributed by atoms with Gasteiger partial charge in [0.15, 0.2) is 5.96 Å². The number of aliphatic imine (C=N–C) groups is 1. The summed E-state index contributed by atoms with van der Waals surface area (Å²) < 4.78 is 34.6. The highest BCUT2D eigenvalue weighted by Gasteiger charge is 2.20. The number of aromatic nitrogens is 1. The third-order valence-corrected chi connectivity index (χ3v) is 3.85. The van der Waals surface area contributed by atoms with Gasteiger partial charge in [-0.15, -0.1) is 0 Å². The Kier molecular flexibility index (Phi) is 5.29. The lowest BCUT2D eigenvalue weighted by atomic mass is 10.0. The number of hydrogen-bond donors (Lipinski definition) is 3. The van der Waals surface area contributed by atoms with Gasteiger partial charge in [0.05, 0.1) is 11.3 Å². The van der Waals surface area contributed by atoms with Gasteiger partial charge >= 0.3 is 10.4 Å². The minimum atomic E-state index is -4.65. The van der Waals surface area contributed by atoms with Crippen LogP contribution in [0.2, 0.25) is 0 Å². The molecule has 1 heterocycles. The SMILES string of the molecule is NC(N)=NC(=O)c1cc2c(nc1COS(=O)(=O)O)CCCCC2. The number of guanidine groups is 1. The van der Waals surface area contributed by atoms with Crippen LogP contribution in [-0.2, 0) is 34.0 Å². The molecule has 0 radical (unpaired) electrons. The molecule has 0 aromatic carbocycles. The summed E-state index contributed by atoms with van der Waals surface area (Å²) in [6.07, 6.45) is 4.48. The van der Waals surface area contributed by atoms with Gasteiger partial charge in [-0.2, -0.15) is 13.4 Å². The predicted octanol–water partition coefficient (Wildman–Crippen LogP) is 0.0835. The van der Waals surface area contributed by atoms with E-state index in [4.69, 9.17) is 16.0 Å². The average Bonchev–Trinajstić information content (AvgIpc) is 2.67. The molecule has 5 N–H and O–H groups in total. The molecule has 10 heteroatoms. The van der Waals surface area contributed by atoms with Crippen molar-refractivity contribution in [2.45, 2.75) is 38.7 Å². The Labute approximate surface area is 133 Å². The van der Waals surface area contributed by atoms with E-state index in [2.05, 4.69) is 14.2 Å². The predicted molar refractivity (Wildman–Crippen MR) is 82.0 cm³/mol. The third kappa shape index (κ3) is 4.98. The van der Waals surface area contributed by atoms with Crippen molar-refractivity contribution in [2.75, 3.05) is 0 Å². The van der Waals surface area contributed by atoms with E-state index in [9.17, 15) is 13.2 Å². The average molecular weight is 342 g/mol. The number of fused-ring (bicyclic) bond motifs is 1. The number of hydrogen-bond acceptors (Lipinski definition) is 5. The van der Waals surface area contributed by atoms with Gasteiger partial charge < -0.3 is 11.5 Å². The maximum absolute atomic E-state index is 12.1. The van der Waals surface area contributed by atoms with Gasteiger partial charge in [0.1, 0.15) is 6.61 Å². The fourth-order valence-corrected chi connectivity index (χ4v) is 2.72. The van der Waals surface area contributed by atoms with Crippen molar-refractivity contribution in [2.24, 2.45) is 16.5 Å². The third-order valence-electron chi connectivity index (χ3n) is 3.44. The van der Waals surface area contributed by atoms with Crippen molar-refractivity contribution >= 4 is 22.3 Å². The minimum absolute atomic E-state index is 0.0581. The molecular weight excluding hydrogens is 324 g/mol. The molecule has 1 aliphatic rings. The highest BCUT2D eigenvalue weighted by atomic mass is 32.3. The maximum Gasteiger partial charge on any atom is 0.397 e. The molecule has 1 aliphatic carbocycles. The summed E-state index contributed by atoms with van der Waals surface area (Å²) in [5.74, 6) is -1.15. The maximum atomic E-state index is 12.1. The van der Waals surface area contributed by atoms with E-state index in [-0.39, 0.29) is 11.3 Å². The molecule has 9 nitrogen and oxygen atoms in total. The van der Waals surface area contributed by atoms with E-state index in [1.54, 1.807) is 6.07 Å². The van der Waals surface area contributed by atoms with Crippen molar-refractivity contribution in [3.63, 3.8) is 0 Å². The summed E-state index contributed by atoms with van der Waals surface area (Å²) in [5, 5.41) is 0. The second kappa shape index (κ2) is 7.02. The number of rotatable bonds is 4. The van der Waals surface area contributed by atoms with E-state index in [1.165, 1.54) is 0 Å². The van der Waals surface area contributed by atoms with Crippen LogP contribution in [0.25, 0.3) is 0 Å². The first-order chi connectivity index (χ1) is 10.8. The van der Waals surface area contributed by atoms with Gasteiger partial charge in [-0.3, -0.25) is 14.3 Å². The van der Waals surface area contributed by atoms with Gasteiger partial charge in [0, 0.05) is 5.69 Å². The second-order valence-corrected chi connectivity index (χ2v) is 6.27. The second-order valence-electron chi connectivity index (χ2n) is 5.18. The first-order valence-corrected chi connectivity index (χ1v) is 8.40.